The molecular formula is C13H19NO. The van der Waals surface area contributed by atoms with E-state index in [9.17, 15) is 0 Å². The highest BCUT2D eigenvalue weighted by Crippen LogP contribution is 2.31. The van der Waals surface area contributed by atoms with Crippen LogP contribution in [-0.4, -0.2) is 26.3 Å². The van der Waals surface area contributed by atoms with Crippen molar-refractivity contribution in [2.24, 2.45) is 0 Å². The molecule has 2 nitrogen and oxygen atoms in total. The van der Waals surface area contributed by atoms with Gasteiger partial charge in [0.25, 0.3) is 0 Å². The number of benzene rings is 1. The molecule has 0 atom stereocenters. The molecule has 0 aromatic heterocycles. The van der Waals surface area contributed by atoms with Gasteiger partial charge in [-0.1, -0.05) is 36.8 Å². The summed E-state index contributed by atoms with van der Waals surface area (Å²) in [5.74, 6) is 0. The highest BCUT2D eigenvalue weighted by Gasteiger charge is 2.39. The van der Waals surface area contributed by atoms with Crippen LogP contribution in [0.1, 0.15) is 18.1 Å². The summed E-state index contributed by atoms with van der Waals surface area (Å²) in [4.78, 5) is 0. The second-order valence-electron chi connectivity index (χ2n) is 4.42. The summed E-state index contributed by atoms with van der Waals surface area (Å²) in [6.07, 6.45) is 0. The maximum absolute atomic E-state index is 5.38. The monoisotopic (exact) mass is 205 g/mol. The third-order valence-electron chi connectivity index (χ3n) is 3.13. The van der Waals surface area contributed by atoms with Crippen LogP contribution >= 0.6 is 0 Å². The average Bonchev–Trinajstić information content (AvgIpc) is 2.19. The van der Waals surface area contributed by atoms with E-state index in [1.165, 1.54) is 11.1 Å². The molecule has 1 aliphatic heterocycles. The fraction of sp³-hybridized carbons (Fsp3) is 0.538. The molecule has 2 rings (SSSR count). The quantitative estimate of drug-likeness (QED) is 0.810. The molecule has 1 fully saturated rings. The normalized spacial score (nSPS) is 18.5. The van der Waals surface area contributed by atoms with Gasteiger partial charge in [-0.15, -0.1) is 0 Å². The number of nitrogens with one attached hydrogen (secondary N) is 1. The van der Waals surface area contributed by atoms with Gasteiger partial charge in [-0.05, 0) is 19.0 Å². The topological polar surface area (TPSA) is 21.3 Å². The Kier molecular flexibility index (Phi) is 3.08. The predicted molar refractivity (Wildman–Crippen MR) is 62.2 cm³/mol. The van der Waals surface area contributed by atoms with Crippen molar-refractivity contribution in [3.63, 3.8) is 0 Å². The zero-order valence-corrected chi connectivity index (χ0v) is 9.55. The Balaban J connectivity index is 2.14. The van der Waals surface area contributed by atoms with Crippen LogP contribution in [0.3, 0.4) is 0 Å². The molecule has 82 valence electrons. The Morgan fingerprint density at radius 3 is 2.40 bits per heavy atom. The molecule has 15 heavy (non-hydrogen) atoms. The van der Waals surface area contributed by atoms with Gasteiger partial charge in [0.1, 0.15) is 0 Å². The predicted octanol–water partition coefficient (Wildman–Crippen LogP) is 1.87. The van der Waals surface area contributed by atoms with Crippen molar-refractivity contribution in [2.45, 2.75) is 19.3 Å². The summed E-state index contributed by atoms with van der Waals surface area (Å²) < 4.78 is 5.38. The molecule has 1 heterocycles. The van der Waals surface area contributed by atoms with Gasteiger partial charge in [-0.2, -0.15) is 0 Å². The van der Waals surface area contributed by atoms with Crippen molar-refractivity contribution in [1.29, 1.82) is 0 Å². The van der Waals surface area contributed by atoms with E-state index in [1.54, 1.807) is 0 Å². The Hall–Kier alpha value is -0.860. The van der Waals surface area contributed by atoms with E-state index in [2.05, 4.69) is 43.4 Å². The summed E-state index contributed by atoms with van der Waals surface area (Å²) >= 11 is 0. The second-order valence-corrected chi connectivity index (χ2v) is 4.42. The van der Waals surface area contributed by atoms with Crippen molar-refractivity contribution in [3.05, 3.63) is 35.4 Å². The molecule has 0 unspecified atom stereocenters. The van der Waals surface area contributed by atoms with Crippen molar-refractivity contribution in [2.75, 3.05) is 26.3 Å². The molecule has 2 heteroatoms. The highest BCUT2D eigenvalue weighted by atomic mass is 16.5. The summed E-state index contributed by atoms with van der Waals surface area (Å²) in [5, 5.41) is 3.42. The molecule has 0 saturated carbocycles. The zero-order chi connectivity index (χ0) is 10.7. The fourth-order valence-corrected chi connectivity index (χ4v) is 1.99. The van der Waals surface area contributed by atoms with Gasteiger partial charge in [-0.25, -0.2) is 0 Å². The molecular weight excluding hydrogens is 186 g/mol. The molecule has 1 aliphatic rings. The third-order valence-corrected chi connectivity index (χ3v) is 3.13. The van der Waals surface area contributed by atoms with E-state index >= 15 is 0 Å². The Morgan fingerprint density at radius 2 is 1.93 bits per heavy atom. The molecule has 1 aromatic carbocycles. The smallest absolute Gasteiger partial charge is 0.0598 e. The Morgan fingerprint density at radius 1 is 1.27 bits per heavy atom. The summed E-state index contributed by atoms with van der Waals surface area (Å²) in [6.45, 7) is 8.01. The van der Waals surface area contributed by atoms with E-state index in [0.717, 1.165) is 26.3 Å². The second kappa shape index (κ2) is 4.33. The van der Waals surface area contributed by atoms with Crippen LogP contribution in [0.2, 0.25) is 0 Å². The summed E-state index contributed by atoms with van der Waals surface area (Å²) in [5.41, 5.74) is 2.95. The Bertz CT molecular complexity index is 314. The van der Waals surface area contributed by atoms with Crippen LogP contribution < -0.4 is 5.32 Å². The maximum atomic E-state index is 5.38. The van der Waals surface area contributed by atoms with E-state index in [1.807, 2.05) is 0 Å². The van der Waals surface area contributed by atoms with Gasteiger partial charge in [0.05, 0.1) is 18.6 Å². The molecule has 0 aliphatic carbocycles. The standard InChI is InChI=1S/C13H19NO/c1-3-14-8-13(9-15-10-13)12-6-4-11(2)5-7-12/h4-7,14H,3,8-10H2,1-2H3. The molecule has 1 N–H and O–H groups in total. The van der Waals surface area contributed by atoms with Crippen LogP contribution in [0.15, 0.2) is 24.3 Å². The number of rotatable bonds is 4. The zero-order valence-electron chi connectivity index (χ0n) is 9.55. The van der Waals surface area contributed by atoms with Crippen molar-refractivity contribution in [1.82, 2.24) is 5.32 Å². The lowest BCUT2D eigenvalue weighted by atomic mass is 9.78. The number of hydrogen-bond donors (Lipinski definition) is 1. The summed E-state index contributed by atoms with van der Waals surface area (Å²) in [6, 6.07) is 8.83. The Labute approximate surface area is 91.6 Å². The largest absolute Gasteiger partial charge is 0.379 e. The van der Waals surface area contributed by atoms with Crippen molar-refractivity contribution in [3.8, 4) is 0 Å². The minimum absolute atomic E-state index is 0.226. The third kappa shape index (κ3) is 2.06. The van der Waals surface area contributed by atoms with Crippen LogP contribution in [-0.2, 0) is 10.2 Å². The molecule has 0 amide bonds. The van der Waals surface area contributed by atoms with Gasteiger partial charge in [-0.3, -0.25) is 0 Å². The summed E-state index contributed by atoms with van der Waals surface area (Å²) in [7, 11) is 0. The van der Waals surface area contributed by atoms with Crippen molar-refractivity contribution < 1.29 is 4.74 Å². The SMILES string of the molecule is CCNCC1(c2ccc(C)cc2)COC1. The molecule has 0 bridgehead atoms. The molecule has 0 spiro atoms. The maximum Gasteiger partial charge on any atom is 0.0598 e. The lowest BCUT2D eigenvalue weighted by Gasteiger charge is -2.42. The average molecular weight is 205 g/mol. The first-order chi connectivity index (χ1) is 7.27. The first-order valence-electron chi connectivity index (χ1n) is 5.62. The molecule has 0 radical (unpaired) electrons. The van der Waals surface area contributed by atoms with Gasteiger partial charge < -0.3 is 10.1 Å². The number of aryl methyl sites for hydroxylation is 1. The van der Waals surface area contributed by atoms with Crippen LogP contribution in [0.25, 0.3) is 0 Å². The van der Waals surface area contributed by atoms with Crippen molar-refractivity contribution >= 4 is 0 Å². The fourth-order valence-electron chi connectivity index (χ4n) is 1.99. The first-order valence-corrected chi connectivity index (χ1v) is 5.62. The first kappa shape index (κ1) is 10.7. The van der Waals surface area contributed by atoms with E-state index in [4.69, 9.17) is 4.74 Å². The highest BCUT2D eigenvalue weighted by molar-refractivity contribution is 5.31. The van der Waals surface area contributed by atoms with Gasteiger partial charge in [0.2, 0.25) is 0 Å². The van der Waals surface area contributed by atoms with Gasteiger partial charge in [0, 0.05) is 6.54 Å². The lowest BCUT2D eigenvalue weighted by Crippen LogP contribution is -2.53. The van der Waals surface area contributed by atoms with E-state index in [0.29, 0.717) is 0 Å². The van der Waals surface area contributed by atoms with Gasteiger partial charge in [0.15, 0.2) is 0 Å². The van der Waals surface area contributed by atoms with E-state index < -0.39 is 0 Å². The van der Waals surface area contributed by atoms with Gasteiger partial charge >= 0.3 is 0 Å². The molecule has 1 saturated heterocycles. The number of likely N-dealkylation sites (N-methyl/N-ethyl adjacent to an activating group) is 1. The number of hydrogen-bond acceptors (Lipinski definition) is 2. The number of ether oxygens (including phenoxy) is 1. The molecule has 1 aromatic rings. The van der Waals surface area contributed by atoms with Crippen LogP contribution in [0.5, 0.6) is 0 Å². The van der Waals surface area contributed by atoms with Crippen LogP contribution in [0, 0.1) is 6.92 Å². The van der Waals surface area contributed by atoms with Crippen LogP contribution in [0.4, 0.5) is 0 Å². The minimum Gasteiger partial charge on any atom is -0.379 e. The minimum atomic E-state index is 0.226. The lowest BCUT2D eigenvalue weighted by molar-refractivity contribution is -0.0588. The van der Waals surface area contributed by atoms with E-state index in [-0.39, 0.29) is 5.41 Å².